The Hall–Kier alpha value is -1.54. The van der Waals surface area contributed by atoms with Crippen molar-refractivity contribution in [3.63, 3.8) is 0 Å². The zero-order chi connectivity index (χ0) is 14.3. The lowest BCUT2D eigenvalue weighted by Gasteiger charge is -2.22. The Bertz CT molecular complexity index is 379. The van der Waals surface area contributed by atoms with Gasteiger partial charge in [0.2, 0.25) is 5.91 Å². The van der Waals surface area contributed by atoms with Crippen molar-refractivity contribution < 1.29 is 27.1 Å². The molecule has 1 heterocycles. The summed E-state index contributed by atoms with van der Waals surface area (Å²) in [7, 11) is 0. The van der Waals surface area contributed by atoms with Crippen molar-refractivity contribution in [1.29, 1.82) is 0 Å². The highest BCUT2D eigenvalue weighted by molar-refractivity contribution is 5.77. The molecule has 0 saturated heterocycles. The molecule has 1 aromatic heterocycles. The second-order valence-electron chi connectivity index (χ2n) is 3.79. The van der Waals surface area contributed by atoms with Crippen LogP contribution in [0.5, 0.6) is 0 Å². The van der Waals surface area contributed by atoms with E-state index < -0.39 is 25.2 Å². The van der Waals surface area contributed by atoms with E-state index in [1.54, 1.807) is 0 Å². The van der Waals surface area contributed by atoms with Gasteiger partial charge in [0, 0.05) is 6.54 Å². The summed E-state index contributed by atoms with van der Waals surface area (Å²) in [5.41, 5.74) is 5.16. The Labute approximate surface area is 108 Å². The van der Waals surface area contributed by atoms with Crippen LogP contribution in [0, 0.1) is 0 Å². The fourth-order valence-electron chi connectivity index (χ4n) is 1.37. The van der Waals surface area contributed by atoms with E-state index in [0.29, 0.717) is 4.90 Å². The lowest BCUT2D eigenvalue weighted by molar-refractivity contribution is -0.165. The van der Waals surface area contributed by atoms with Crippen LogP contribution in [-0.4, -0.2) is 43.3 Å². The molecule has 8 heteroatoms. The van der Waals surface area contributed by atoms with Crippen LogP contribution in [0.15, 0.2) is 22.8 Å². The predicted octanol–water partition coefficient (Wildman–Crippen LogP) is 1.15. The third-order valence-corrected chi connectivity index (χ3v) is 2.14. The summed E-state index contributed by atoms with van der Waals surface area (Å²) >= 11 is 0. The quantitative estimate of drug-likeness (QED) is 0.761. The largest absolute Gasteiger partial charge is 0.467 e. The van der Waals surface area contributed by atoms with Gasteiger partial charge in [0.15, 0.2) is 0 Å². The highest BCUT2D eigenvalue weighted by Crippen LogP contribution is 2.18. The van der Waals surface area contributed by atoms with Gasteiger partial charge >= 0.3 is 6.18 Å². The standard InChI is InChI=1S/C11H15F3N2O3/c12-11(13,14)8-16(6-9-2-1-4-19-9)10(17)7-18-5-3-15/h1-2,4H,3,5-8,15H2. The van der Waals surface area contributed by atoms with Crippen LogP contribution >= 0.6 is 0 Å². The molecule has 0 unspecified atom stereocenters. The van der Waals surface area contributed by atoms with Gasteiger partial charge in [-0.2, -0.15) is 13.2 Å². The first-order chi connectivity index (χ1) is 8.92. The van der Waals surface area contributed by atoms with Crippen LogP contribution in [0.4, 0.5) is 13.2 Å². The monoisotopic (exact) mass is 280 g/mol. The molecule has 0 aromatic carbocycles. The summed E-state index contributed by atoms with van der Waals surface area (Å²) in [6.45, 7) is -1.72. The van der Waals surface area contributed by atoms with E-state index in [1.807, 2.05) is 0 Å². The normalized spacial score (nSPS) is 11.6. The van der Waals surface area contributed by atoms with Gasteiger partial charge in [-0.05, 0) is 12.1 Å². The van der Waals surface area contributed by atoms with Gasteiger partial charge in [-0.25, -0.2) is 0 Å². The summed E-state index contributed by atoms with van der Waals surface area (Å²) in [6.07, 6.45) is -3.15. The number of amides is 1. The van der Waals surface area contributed by atoms with Crippen molar-refractivity contribution in [1.82, 2.24) is 4.90 Å². The highest BCUT2D eigenvalue weighted by Gasteiger charge is 2.33. The molecule has 0 aliphatic rings. The van der Waals surface area contributed by atoms with Crippen molar-refractivity contribution in [3.8, 4) is 0 Å². The minimum absolute atomic E-state index is 0.117. The molecule has 0 aliphatic carbocycles. The van der Waals surface area contributed by atoms with Crippen LogP contribution < -0.4 is 5.73 Å². The number of hydrogen-bond acceptors (Lipinski definition) is 4. The molecule has 0 aliphatic heterocycles. The first-order valence-corrected chi connectivity index (χ1v) is 5.57. The van der Waals surface area contributed by atoms with Crippen molar-refractivity contribution in [2.24, 2.45) is 5.73 Å². The van der Waals surface area contributed by atoms with Gasteiger partial charge in [-0.3, -0.25) is 4.79 Å². The van der Waals surface area contributed by atoms with Crippen molar-refractivity contribution in [2.45, 2.75) is 12.7 Å². The Kier molecular flexibility index (Phi) is 5.84. The number of furan rings is 1. The Morgan fingerprint density at radius 2 is 2.21 bits per heavy atom. The van der Waals surface area contributed by atoms with Gasteiger partial charge in [0.1, 0.15) is 18.9 Å². The average molecular weight is 280 g/mol. The van der Waals surface area contributed by atoms with Gasteiger partial charge in [0.25, 0.3) is 0 Å². The molecule has 1 amide bonds. The van der Waals surface area contributed by atoms with Crippen LogP contribution in [0.3, 0.4) is 0 Å². The van der Waals surface area contributed by atoms with Gasteiger partial charge in [0.05, 0.1) is 19.4 Å². The smallest absolute Gasteiger partial charge is 0.406 e. The van der Waals surface area contributed by atoms with E-state index in [0.717, 1.165) is 0 Å². The first-order valence-electron chi connectivity index (χ1n) is 5.57. The zero-order valence-corrected chi connectivity index (χ0v) is 10.2. The number of carbonyl (C=O) groups is 1. The molecule has 0 saturated carbocycles. The molecule has 0 radical (unpaired) electrons. The maximum atomic E-state index is 12.4. The minimum atomic E-state index is -4.48. The fourth-order valence-corrected chi connectivity index (χ4v) is 1.37. The number of hydrogen-bond donors (Lipinski definition) is 1. The lowest BCUT2D eigenvalue weighted by atomic mass is 10.3. The predicted molar refractivity (Wildman–Crippen MR) is 60.1 cm³/mol. The minimum Gasteiger partial charge on any atom is -0.467 e. The molecule has 1 rings (SSSR count). The second kappa shape index (κ2) is 7.15. The Balaban J connectivity index is 2.60. The summed E-state index contributed by atoms with van der Waals surface area (Å²) in [5, 5.41) is 0. The maximum Gasteiger partial charge on any atom is 0.406 e. The van der Waals surface area contributed by atoms with Crippen molar-refractivity contribution in [3.05, 3.63) is 24.2 Å². The fraction of sp³-hybridized carbons (Fsp3) is 0.545. The van der Waals surface area contributed by atoms with Gasteiger partial charge in [-0.15, -0.1) is 0 Å². The summed E-state index contributed by atoms with van der Waals surface area (Å²) in [5.74, 6) is -0.487. The van der Waals surface area contributed by atoms with E-state index in [2.05, 4.69) is 0 Å². The van der Waals surface area contributed by atoms with Crippen LogP contribution in [-0.2, 0) is 16.1 Å². The number of nitrogens with two attached hydrogens (primary N) is 1. The number of halogens is 3. The molecule has 0 fully saturated rings. The van der Waals surface area contributed by atoms with E-state index in [4.69, 9.17) is 14.9 Å². The molecule has 0 bridgehead atoms. The second-order valence-corrected chi connectivity index (χ2v) is 3.79. The first kappa shape index (κ1) is 15.5. The molecule has 1 aromatic rings. The third-order valence-electron chi connectivity index (χ3n) is 2.14. The number of carbonyl (C=O) groups excluding carboxylic acids is 1. The topological polar surface area (TPSA) is 68.7 Å². The van der Waals surface area contributed by atoms with E-state index in [-0.39, 0.29) is 25.5 Å². The summed E-state index contributed by atoms with van der Waals surface area (Å²) < 4.78 is 47.0. The molecule has 5 nitrogen and oxygen atoms in total. The molecule has 0 atom stereocenters. The molecular weight excluding hydrogens is 265 g/mol. The Morgan fingerprint density at radius 3 is 2.74 bits per heavy atom. The SMILES string of the molecule is NCCOCC(=O)N(Cc1ccco1)CC(F)(F)F. The van der Waals surface area contributed by atoms with Gasteiger partial charge < -0.3 is 19.8 Å². The van der Waals surface area contributed by atoms with E-state index in [1.165, 1.54) is 18.4 Å². The van der Waals surface area contributed by atoms with Crippen LogP contribution in [0.1, 0.15) is 5.76 Å². The molecule has 19 heavy (non-hydrogen) atoms. The number of rotatable bonds is 7. The van der Waals surface area contributed by atoms with Crippen molar-refractivity contribution in [2.75, 3.05) is 26.3 Å². The Morgan fingerprint density at radius 1 is 1.47 bits per heavy atom. The van der Waals surface area contributed by atoms with E-state index in [9.17, 15) is 18.0 Å². The molecule has 0 spiro atoms. The van der Waals surface area contributed by atoms with Crippen LogP contribution in [0.25, 0.3) is 0 Å². The summed E-state index contributed by atoms with van der Waals surface area (Å²) in [6, 6.07) is 3.04. The van der Waals surface area contributed by atoms with Crippen molar-refractivity contribution >= 4 is 5.91 Å². The number of alkyl halides is 3. The lowest BCUT2D eigenvalue weighted by Crippen LogP contribution is -2.40. The molecule has 108 valence electrons. The van der Waals surface area contributed by atoms with Crippen LogP contribution in [0.2, 0.25) is 0 Å². The number of nitrogens with zero attached hydrogens (tertiary/aromatic N) is 1. The maximum absolute atomic E-state index is 12.4. The number of ether oxygens (including phenoxy) is 1. The zero-order valence-electron chi connectivity index (χ0n) is 10.2. The molecule has 2 N–H and O–H groups in total. The summed E-state index contributed by atoms with van der Waals surface area (Å²) in [4.78, 5) is 12.3. The third kappa shape index (κ3) is 6.25. The molecular formula is C11H15F3N2O3. The average Bonchev–Trinajstić information content (AvgIpc) is 2.79. The highest BCUT2D eigenvalue weighted by atomic mass is 19.4. The van der Waals surface area contributed by atoms with E-state index >= 15 is 0 Å². The van der Waals surface area contributed by atoms with Gasteiger partial charge in [-0.1, -0.05) is 0 Å².